The molecule has 1 aromatic carbocycles. The lowest BCUT2D eigenvalue weighted by Gasteiger charge is -2.40. The van der Waals surface area contributed by atoms with Gasteiger partial charge >= 0.3 is 0 Å². The highest BCUT2D eigenvalue weighted by atomic mass is 16.7. The average Bonchev–Trinajstić information content (AvgIpc) is 2.76. The minimum atomic E-state index is -0.920. The minimum Gasteiger partial charge on any atom is -0.340 e. The fraction of sp³-hybridized carbons (Fsp3) is 0.529. The van der Waals surface area contributed by atoms with Crippen LogP contribution in [0.2, 0.25) is 0 Å². The number of hydrogen-bond acceptors (Lipinski definition) is 5. The maximum atomic E-state index is 9.22. The van der Waals surface area contributed by atoms with Crippen LogP contribution in [-0.4, -0.2) is 32.1 Å². The van der Waals surface area contributed by atoms with Gasteiger partial charge in [-0.25, -0.2) is 0 Å². The molecule has 3 aliphatic heterocycles. The number of nitriles is 1. The van der Waals surface area contributed by atoms with Gasteiger partial charge in [-0.15, -0.1) is 0 Å². The monoisotopic (exact) mass is 297 g/mol. The molecule has 0 saturated carbocycles. The van der Waals surface area contributed by atoms with Crippen molar-refractivity contribution in [3.63, 3.8) is 0 Å². The highest BCUT2D eigenvalue weighted by Gasteiger charge is 2.54. The second-order valence-corrected chi connectivity index (χ2v) is 6.90. The number of benzene rings is 1. The lowest BCUT2D eigenvalue weighted by atomic mass is 9.91. The summed E-state index contributed by atoms with van der Waals surface area (Å²) >= 11 is 0. The van der Waals surface area contributed by atoms with Crippen molar-refractivity contribution in [1.29, 1.82) is 5.26 Å². The number of amidine groups is 1. The van der Waals surface area contributed by atoms with Gasteiger partial charge in [0.2, 0.25) is 0 Å². The summed E-state index contributed by atoms with van der Waals surface area (Å²) in [6.07, 6.45) is 0.883. The Labute approximate surface area is 130 Å². The predicted molar refractivity (Wildman–Crippen MR) is 82.8 cm³/mol. The van der Waals surface area contributed by atoms with Crippen molar-refractivity contribution >= 4 is 11.5 Å². The van der Waals surface area contributed by atoms with E-state index in [1.54, 1.807) is 0 Å². The molecule has 1 saturated heterocycles. The quantitative estimate of drug-likeness (QED) is 0.738. The van der Waals surface area contributed by atoms with Crippen LogP contribution in [0.1, 0.15) is 31.4 Å². The van der Waals surface area contributed by atoms with Gasteiger partial charge in [-0.3, -0.25) is 4.99 Å². The molecule has 3 heterocycles. The second-order valence-electron chi connectivity index (χ2n) is 6.90. The highest BCUT2D eigenvalue weighted by molar-refractivity contribution is 6.10. The summed E-state index contributed by atoms with van der Waals surface area (Å²) in [6, 6.07) is 7.92. The number of ether oxygens (including phenoxy) is 2. The van der Waals surface area contributed by atoms with E-state index < -0.39 is 5.79 Å². The van der Waals surface area contributed by atoms with Crippen LogP contribution < -0.4 is 4.90 Å². The van der Waals surface area contributed by atoms with E-state index in [0.29, 0.717) is 18.8 Å². The number of fused-ring (bicyclic) bond motifs is 5. The van der Waals surface area contributed by atoms with Gasteiger partial charge in [-0.2, -0.15) is 5.26 Å². The molecule has 0 atom stereocenters. The third-order valence-electron chi connectivity index (χ3n) is 4.46. The second kappa shape index (κ2) is 4.55. The Hall–Kier alpha value is -1.90. The molecule has 114 valence electrons. The zero-order valence-corrected chi connectivity index (χ0v) is 12.9. The summed E-state index contributed by atoms with van der Waals surface area (Å²) < 4.78 is 12.2. The van der Waals surface area contributed by atoms with E-state index in [0.717, 1.165) is 36.6 Å². The Morgan fingerprint density at radius 1 is 1.27 bits per heavy atom. The maximum absolute atomic E-state index is 9.22. The van der Waals surface area contributed by atoms with E-state index in [2.05, 4.69) is 24.8 Å². The average molecular weight is 297 g/mol. The van der Waals surface area contributed by atoms with Gasteiger partial charge in [0.25, 0.3) is 5.79 Å². The number of aliphatic imine (C=N–C) groups is 1. The van der Waals surface area contributed by atoms with Crippen LogP contribution in [0.25, 0.3) is 0 Å². The van der Waals surface area contributed by atoms with Crippen molar-refractivity contribution in [1.82, 2.24) is 0 Å². The van der Waals surface area contributed by atoms with Crippen LogP contribution in [0.5, 0.6) is 0 Å². The molecule has 0 aromatic heterocycles. The molecular weight excluding hydrogens is 278 g/mol. The lowest BCUT2D eigenvalue weighted by Crippen LogP contribution is -2.52. The number of nitrogens with zero attached hydrogens (tertiary/aromatic N) is 3. The molecule has 0 bridgehead atoms. The Kier molecular flexibility index (Phi) is 2.84. The smallest absolute Gasteiger partial charge is 0.257 e. The van der Waals surface area contributed by atoms with Crippen LogP contribution in [0, 0.1) is 16.7 Å². The van der Waals surface area contributed by atoms with Crippen molar-refractivity contribution in [2.24, 2.45) is 10.4 Å². The lowest BCUT2D eigenvalue weighted by molar-refractivity contribution is -0.228. The summed E-state index contributed by atoms with van der Waals surface area (Å²) in [5.41, 5.74) is 2.69. The van der Waals surface area contributed by atoms with Gasteiger partial charge in [-0.05, 0) is 24.6 Å². The maximum Gasteiger partial charge on any atom is 0.257 e. The first kappa shape index (κ1) is 13.7. The topological polar surface area (TPSA) is 57.9 Å². The summed E-state index contributed by atoms with van der Waals surface area (Å²) in [5, 5.41) is 9.22. The summed E-state index contributed by atoms with van der Waals surface area (Å²) in [6.45, 7) is 7.35. The SMILES string of the molecule is CC1(C)CN=C2N(C1)c1ccc(C#N)cc1C21OCCCO1. The molecule has 0 N–H and O–H groups in total. The van der Waals surface area contributed by atoms with E-state index in [-0.39, 0.29) is 5.41 Å². The Morgan fingerprint density at radius 3 is 2.77 bits per heavy atom. The van der Waals surface area contributed by atoms with Crippen molar-refractivity contribution in [2.45, 2.75) is 26.1 Å². The molecule has 4 rings (SSSR count). The summed E-state index contributed by atoms with van der Waals surface area (Å²) in [5.74, 6) is -0.0756. The van der Waals surface area contributed by atoms with Crippen LogP contribution in [0.3, 0.4) is 0 Å². The number of rotatable bonds is 0. The van der Waals surface area contributed by atoms with Crippen molar-refractivity contribution in [2.75, 3.05) is 31.2 Å². The summed E-state index contributed by atoms with van der Waals surface area (Å²) in [4.78, 5) is 7.00. The van der Waals surface area contributed by atoms with Gasteiger partial charge in [0.05, 0.1) is 30.5 Å². The molecular formula is C17H19N3O2. The largest absolute Gasteiger partial charge is 0.340 e. The number of hydrogen-bond donors (Lipinski definition) is 0. The van der Waals surface area contributed by atoms with Crippen LogP contribution >= 0.6 is 0 Å². The van der Waals surface area contributed by atoms with Gasteiger partial charge in [0, 0.05) is 24.1 Å². The molecule has 0 amide bonds. The van der Waals surface area contributed by atoms with E-state index in [4.69, 9.17) is 14.5 Å². The molecule has 1 spiro atoms. The standard InChI is InChI=1S/C17H19N3O2/c1-16(2)10-19-15-17(21-6-3-7-22-17)13-8-12(9-18)4-5-14(13)20(15)11-16/h4-5,8H,3,6-7,10-11H2,1-2H3. The van der Waals surface area contributed by atoms with Gasteiger partial charge in [0.15, 0.2) is 5.84 Å². The van der Waals surface area contributed by atoms with Gasteiger partial charge in [0.1, 0.15) is 0 Å². The Balaban J connectivity index is 1.92. The highest BCUT2D eigenvalue weighted by Crippen LogP contribution is 2.48. The first-order valence-electron chi connectivity index (χ1n) is 7.71. The molecule has 0 radical (unpaired) electrons. The first-order valence-corrected chi connectivity index (χ1v) is 7.71. The van der Waals surface area contributed by atoms with E-state index in [1.807, 2.05) is 18.2 Å². The first-order chi connectivity index (χ1) is 10.6. The van der Waals surface area contributed by atoms with E-state index >= 15 is 0 Å². The van der Waals surface area contributed by atoms with Crippen LogP contribution in [-0.2, 0) is 15.3 Å². The normalized spacial score (nSPS) is 24.4. The molecule has 5 nitrogen and oxygen atoms in total. The Morgan fingerprint density at radius 2 is 2.05 bits per heavy atom. The molecule has 1 aromatic rings. The third kappa shape index (κ3) is 1.81. The van der Waals surface area contributed by atoms with Crippen molar-refractivity contribution < 1.29 is 9.47 Å². The van der Waals surface area contributed by atoms with Gasteiger partial charge < -0.3 is 14.4 Å². The Bertz CT molecular complexity index is 696. The van der Waals surface area contributed by atoms with Crippen LogP contribution in [0.15, 0.2) is 23.2 Å². The molecule has 0 aliphatic carbocycles. The fourth-order valence-electron chi connectivity index (χ4n) is 3.45. The van der Waals surface area contributed by atoms with Crippen molar-refractivity contribution in [3.8, 4) is 6.07 Å². The molecule has 1 fully saturated rings. The zero-order chi connectivity index (χ0) is 15.4. The van der Waals surface area contributed by atoms with E-state index in [1.165, 1.54) is 0 Å². The summed E-state index contributed by atoms with van der Waals surface area (Å²) in [7, 11) is 0. The zero-order valence-electron chi connectivity index (χ0n) is 12.9. The molecule has 3 aliphatic rings. The fourth-order valence-corrected chi connectivity index (χ4v) is 3.45. The predicted octanol–water partition coefficient (Wildman–Crippen LogP) is 2.41. The molecule has 5 heteroatoms. The number of anilines is 1. The third-order valence-corrected chi connectivity index (χ3v) is 4.46. The van der Waals surface area contributed by atoms with Crippen LogP contribution in [0.4, 0.5) is 5.69 Å². The molecule has 22 heavy (non-hydrogen) atoms. The van der Waals surface area contributed by atoms with Gasteiger partial charge in [-0.1, -0.05) is 13.8 Å². The minimum absolute atomic E-state index is 0.106. The van der Waals surface area contributed by atoms with Crippen molar-refractivity contribution in [3.05, 3.63) is 29.3 Å². The van der Waals surface area contributed by atoms with E-state index in [9.17, 15) is 5.26 Å². The molecule has 0 unspecified atom stereocenters.